The summed E-state index contributed by atoms with van der Waals surface area (Å²) in [5.41, 5.74) is 4.14. The van der Waals surface area contributed by atoms with E-state index in [0.717, 1.165) is 33.8 Å². The van der Waals surface area contributed by atoms with Crippen molar-refractivity contribution in [3.63, 3.8) is 0 Å². The van der Waals surface area contributed by atoms with E-state index in [-0.39, 0.29) is 29.7 Å². The van der Waals surface area contributed by atoms with Crippen molar-refractivity contribution >= 4 is 5.78 Å². The minimum Gasteiger partial charge on any atom is -0.497 e. The number of carbonyl (C=O) groups excluding carboxylic acids is 1. The van der Waals surface area contributed by atoms with Crippen LogP contribution in [0.5, 0.6) is 11.5 Å². The number of ether oxygens (including phenoxy) is 2. The predicted octanol–water partition coefficient (Wildman–Crippen LogP) is 6.23. The monoisotopic (exact) mass is 463 g/mol. The summed E-state index contributed by atoms with van der Waals surface area (Å²) < 4.78 is 10.8. The van der Waals surface area contributed by atoms with Gasteiger partial charge in [0.15, 0.2) is 5.78 Å². The van der Waals surface area contributed by atoms with Crippen LogP contribution in [0.2, 0.25) is 0 Å². The first kappa shape index (κ1) is 22.9. The van der Waals surface area contributed by atoms with Gasteiger partial charge in [0.05, 0.1) is 26.1 Å². The van der Waals surface area contributed by atoms with E-state index >= 15 is 0 Å². The maximum atomic E-state index is 14.5. The average Bonchev–Trinajstić information content (AvgIpc) is 2.93. The summed E-state index contributed by atoms with van der Waals surface area (Å²) in [5, 5.41) is 3.89. The van der Waals surface area contributed by atoms with Crippen molar-refractivity contribution in [1.29, 1.82) is 0 Å². The molecule has 4 heteroatoms. The molecule has 0 aromatic heterocycles. The van der Waals surface area contributed by atoms with Crippen LogP contribution in [0.3, 0.4) is 0 Å². The van der Waals surface area contributed by atoms with Gasteiger partial charge in [0.2, 0.25) is 0 Å². The number of carbonyl (C=O) groups is 1. The van der Waals surface area contributed by atoms with Crippen molar-refractivity contribution in [3.8, 4) is 11.5 Å². The molecule has 5 rings (SSSR count). The first-order chi connectivity index (χ1) is 17.2. The van der Waals surface area contributed by atoms with Crippen molar-refractivity contribution < 1.29 is 14.3 Å². The molecule has 4 aromatic rings. The number of methoxy groups -OCH3 is 2. The lowest BCUT2D eigenvalue weighted by atomic mass is 9.70. The van der Waals surface area contributed by atoms with Crippen molar-refractivity contribution in [3.05, 3.63) is 131 Å². The van der Waals surface area contributed by atoms with Gasteiger partial charge in [0, 0.05) is 12.1 Å². The minimum absolute atomic E-state index is 0.192. The molecule has 1 heterocycles. The van der Waals surface area contributed by atoms with E-state index in [0.29, 0.717) is 0 Å². The lowest BCUT2D eigenvalue weighted by molar-refractivity contribution is -0.125. The molecular weight excluding hydrogens is 434 g/mol. The van der Waals surface area contributed by atoms with E-state index in [9.17, 15) is 4.79 Å². The average molecular weight is 464 g/mol. The first-order valence-corrected chi connectivity index (χ1v) is 11.9. The normalized spacial score (nSPS) is 21.9. The molecule has 0 bridgehead atoms. The summed E-state index contributed by atoms with van der Waals surface area (Å²) in [6.45, 7) is 0. The van der Waals surface area contributed by atoms with Gasteiger partial charge in [-0.3, -0.25) is 4.79 Å². The smallest absolute Gasteiger partial charge is 0.151 e. The second-order valence-electron chi connectivity index (χ2n) is 8.85. The Hall–Kier alpha value is -3.89. The Morgan fingerprint density at radius 2 is 0.886 bits per heavy atom. The number of ketones is 1. The third kappa shape index (κ3) is 4.58. The lowest BCUT2D eigenvalue weighted by Gasteiger charge is -2.42. The van der Waals surface area contributed by atoms with Gasteiger partial charge in [-0.1, -0.05) is 84.9 Å². The fourth-order valence-electron chi connectivity index (χ4n) is 5.14. The van der Waals surface area contributed by atoms with Crippen LogP contribution in [-0.2, 0) is 4.79 Å². The van der Waals surface area contributed by atoms with Gasteiger partial charge < -0.3 is 14.8 Å². The number of piperidine rings is 1. The molecule has 1 fully saturated rings. The molecule has 4 nitrogen and oxygen atoms in total. The molecule has 0 saturated carbocycles. The van der Waals surface area contributed by atoms with Crippen molar-refractivity contribution in [2.24, 2.45) is 0 Å². The Balaban J connectivity index is 1.64. The maximum absolute atomic E-state index is 14.5. The van der Waals surface area contributed by atoms with Crippen LogP contribution in [0.25, 0.3) is 0 Å². The molecule has 176 valence electrons. The Morgan fingerprint density at radius 3 is 1.23 bits per heavy atom. The fraction of sp³-hybridized carbons (Fsp3) is 0.194. The molecule has 1 N–H and O–H groups in total. The van der Waals surface area contributed by atoms with E-state index < -0.39 is 0 Å². The van der Waals surface area contributed by atoms with Gasteiger partial charge in [-0.15, -0.1) is 0 Å². The molecule has 4 atom stereocenters. The van der Waals surface area contributed by atoms with Gasteiger partial charge in [-0.25, -0.2) is 0 Å². The second kappa shape index (κ2) is 10.2. The summed E-state index contributed by atoms with van der Waals surface area (Å²) in [6.07, 6.45) is 0. The number of benzene rings is 4. The molecule has 0 radical (unpaired) electrons. The molecular formula is C31H29NO3. The molecule has 1 aliphatic rings. The summed E-state index contributed by atoms with van der Waals surface area (Å²) in [5.74, 6) is 1.14. The van der Waals surface area contributed by atoms with Gasteiger partial charge in [-0.05, 0) is 46.5 Å². The third-order valence-electron chi connectivity index (χ3n) is 6.91. The number of hydrogen-bond donors (Lipinski definition) is 1. The largest absolute Gasteiger partial charge is 0.497 e. The summed E-state index contributed by atoms with van der Waals surface area (Å²) in [7, 11) is 3.32. The molecule has 0 spiro atoms. The summed E-state index contributed by atoms with van der Waals surface area (Å²) >= 11 is 0. The first-order valence-electron chi connectivity index (χ1n) is 11.9. The lowest BCUT2D eigenvalue weighted by Crippen LogP contribution is -2.46. The molecule has 4 aromatic carbocycles. The molecule has 0 unspecified atom stereocenters. The molecule has 0 aliphatic carbocycles. The molecule has 35 heavy (non-hydrogen) atoms. The van der Waals surface area contributed by atoms with E-state index in [1.54, 1.807) is 14.2 Å². The van der Waals surface area contributed by atoms with E-state index in [1.165, 1.54) is 0 Å². The van der Waals surface area contributed by atoms with Crippen LogP contribution in [0, 0.1) is 0 Å². The molecule has 1 saturated heterocycles. The Kier molecular flexibility index (Phi) is 6.64. The van der Waals surface area contributed by atoms with Crippen LogP contribution < -0.4 is 14.8 Å². The number of rotatable bonds is 6. The van der Waals surface area contributed by atoms with Crippen LogP contribution in [0.1, 0.15) is 46.2 Å². The van der Waals surface area contributed by atoms with Gasteiger partial charge in [-0.2, -0.15) is 0 Å². The van der Waals surface area contributed by atoms with Crippen LogP contribution >= 0.6 is 0 Å². The van der Waals surface area contributed by atoms with Crippen molar-refractivity contribution in [2.45, 2.75) is 23.9 Å². The standard InChI is InChI=1S/C31H29NO3/c1-34-25-17-13-23(14-18-25)29-27(21-9-5-3-6-10-21)31(33)28(22-11-7-4-8-12-22)30(32-29)24-15-19-26(35-2)20-16-24/h3-20,27-30,32H,1-2H3/t27-,28+,29-,30-/m0/s1. The van der Waals surface area contributed by atoms with Gasteiger partial charge >= 0.3 is 0 Å². The highest BCUT2D eigenvalue weighted by atomic mass is 16.5. The minimum atomic E-state index is -0.329. The number of Topliss-reactive ketones (excluding diaryl/α,β-unsaturated/α-hetero) is 1. The number of hydrogen-bond acceptors (Lipinski definition) is 4. The van der Waals surface area contributed by atoms with Gasteiger partial charge in [0.25, 0.3) is 0 Å². The SMILES string of the molecule is COc1ccc([C@@H]2N[C@@H](c3ccc(OC)cc3)[C@H](c3ccccc3)C(=O)[C@@H]2c2ccccc2)cc1. The predicted molar refractivity (Wildman–Crippen MR) is 138 cm³/mol. The molecule has 0 amide bonds. The van der Waals surface area contributed by atoms with E-state index in [4.69, 9.17) is 9.47 Å². The fourth-order valence-corrected chi connectivity index (χ4v) is 5.14. The van der Waals surface area contributed by atoms with Crippen molar-refractivity contribution in [1.82, 2.24) is 5.32 Å². The van der Waals surface area contributed by atoms with E-state index in [2.05, 4.69) is 29.6 Å². The zero-order valence-electron chi connectivity index (χ0n) is 19.9. The van der Waals surface area contributed by atoms with Crippen LogP contribution in [-0.4, -0.2) is 20.0 Å². The Labute approximate surface area is 206 Å². The van der Waals surface area contributed by atoms with Crippen LogP contribution in [0.4, 0.5) is 0 Å². The van der Waals surface area contributed by atoms with E-state index in [1.807, 2.05) is 84.9 Å². The summed E-state index contributed by atoms with van der Waals surface area (Å²) in [4.78, 5) is 14.5. The molecule has 1 aliphatic heterocycles. The highest BCUT2D eigenvalue weighted by Crippen LogP contribution is 2.47. The van der Waals surface area contributed by atoms with Crippen LogP contribution in [0.15, 0.2) is 109 Å². The quantitative estimate of drug-likeness (QED) is 0.368. The maximum Gasteiger partial charge on any atom is 0.151 e. The summed E-state index contributed by atoms with van der Waals surface area (Å²) in [6, 6.07) is 35.8. The third-order valence-corrected chi connectivity index (χ3v) is 6.91. The zero-order valence-corrected chi connectivity index (χ0v) is 19.9. The highest BCUT2D eigenvalue weighted by molar-refractivity contribution is 5.94. The zero-order chi connectivity index (χ0) is 24.2. The topological polar surface area (TPSA) is 47.6 Å². The Morgan fingerprint density at radius 1 is 0.514 bits per heavy atom. The van der Waals surface area contributed by atoms with Crippen molar-refractivity contribution in [2.75, 3.05) is 14.2 Å². The Bertz CT molecular complexity index is 1160. The second-order valence-corrected chi connectivity index (χ2v) is 8.85. The highest BCUT2D eigenvalue weighted by Gasteiger charge is 2.45. The number of nitrogens with one attached hydrogen (secondary N) is 1. The van der Waals surface area contributed by atoms with Gasteiger partial charge in [0.1, 0.15) is 11.5 Å².